The molecule has 1 fully saturated rings. The number of ether oxygens (including phenoxy) is 1. The van der Waals surface area contributed by atoms with Crippen LogP contribution in [0, 0.1) is 5.92 Å². The summed E-state index contributed by atoms with van der Waals surface area (Å²) < 4.78 is 42.2. The number of alkyl halides is 3. The van der Waals surface area contributed by atoms with E-state index in [1.165, 1.54) is 11.8 Å². The Morgan fingerprint density at radius 1 is 1.33 bits per heavy atom. The molecule has 1 aliphatic rings. The summed E-state index contributed by atoms with van der Waals surface area (Å²) in [4.78, 5) is 0. The Morgan fingerprint density at radius 2 is 1.93 bits per heavy atom. The smallest absolute Gasteiger partial charge is 0.381 e. The summed E-state index contributed by atoms with van der Waals surface area (Å²) in [6.45, 7) is 1.01. The summed E-state index contributed by atoms with van der Waals surface area (Å²) in [5, 5.41) is 0.301. The highest BCUT2D eigenvalue weighted by atomic mass is 32.2. The molecule has 0 aromatic rings. The van der Waals surface area contributed by atoms with E-state index in [0.29, 0.717) is 18.5 Å². The quantitative estimate of drug-likeness (QED) is 0.820. The van der Waals surface area contributed by atoms with Gasteiger partial charge in [-0.05, 0) is 12.8 Å². The molecule has 0 aromatic carbocycles. The van der Waals surface area contributed by atoms with E-state index in [1.807, 2.05) is 0 Å². The lowest BCUT2D eigenvalue weighted by molar-refractivity contribution is -0.165. The van der Waals surface area contributed by atoms with Crippen LogP contribution in [-0.4, -0.2) is 36.9 Å². The Balaban J connectivity index is 2.27. The first-order chi connectivity index (χ1) is 7.04. The lowest BCUT2D eigenvalue weighted by Gasteiger charge is -2.24. The van der Waals surface area contributed by atoms with Gasteiger partial charge in [0.1, 0.15) is 0 Å². The van der Waals surface area contributed by atoms with Gasteiger partial charge in [0.15, 0.2) is 0 Å². The van der Waals surface area contributed by atoms with E-state index in [4.69, 9.17) is 10.5 Å². The van der Waals surface area contributed by atoms with Crippen LogP contribution in [0.15, 0.2) is 0 Å². The largest absolute Gasteiger partial charge is 0.393 e. The van der Waals surface area contributed by atoms with Crippen molar-refractivity contribution in [2.24, 2.45) is 11.7 Å². The third-order valence-corrected chi connectivity index (χ3v) is 3.99. The molecule has 1 heterocycles. The van der Waals surface area contributed by atoms with Gasteiger partial charge in [0.2, 0.25) is 0 Å². The predicted octanol–water partition coefficient (Wildman–Crippen LogP) is 2.04. The second-order valence-corrected chi connectivity index (χ2v) is 4.95. The molecule has 1 atom stereocenters. The average molecular weight is 243 g/mol. The fourth-order valence-corrected chi connectivity index (χ4v) is 2.75. The second kappa shape index (κ2) is 5.96. The Bertz CT molecular complexity index is 183. The van der Waals surface area contributed by atoms with E-state index < -0.39 is 12.1 Å². The van der Waals surface area contributed by atoms with Gasteiger partial charge in [0.05, 0.1) is 5.92 Å². The van der Waals surface area contributed by atoms with Gasteiger partial charge < -0.3 is 10.5 Å². The van der Waals surface area contributed by atoms with Gasteiger partial charge in [-0.3, -0.25) is 0 Å². The Kier molecular flexibility index (Phi) is 5.22. The van der Waals surface area contributed by atoms with E-state index in [2.05, 4.69) is 0 Å². The fourth-order valence-electron chi connectivity index (χ4n) is 1.39. The van der Waals surface area contributed by atoms with Crippen molar-refractivity contribution in [2.45, 2.75) is 24.3 Å². The van der Waals surface area contributed by atoms with Crippen molar-refractivity contribution in [3.8, 4) is 0 Å². The molecule has 0 saturated carbocycles. The number of nitrogens with two attached hydrogens (primary N) is 1. The van der Waals surface area contributed by atoms with Crippen LogP contribution >= 0.6 is 11.8 Å². The maximum Gasteiger partial charge on any atom is 0.393 e. The fraction of sp³-hybridized carbons (Fsp3) is 1.00. The molecule has 1 unspecified atom stereocenters. The first-order valence-corrected chi connectivity index (χ1v) is 6.05. The van der Waals surface area contributed by atoms with Crippen molar-refractivity contribution < 1.29 is 17.9 Å². The van der Waals surface area contributed by atoms with Gasteiger partial charge in [-0.1, -0.05) is 0 Å². The third-order valence-electron chi connectivity index (χ3n) is 2.45. The van der Waals surface area contributed by atoms with Gasteiger partial charge >= 0.3 is 6.18 Å². The first kappa shape index (κ1) is 13.1. The van der Waals surface area contributed by atoms with Gasteiger partial charge in [0.25, 0.3) is 0 Å². The van der Waals surface area contributed by atoms with Crippen LogP contribution in [0.25, 0.3) is 0 Å². The maximum atomic E-state index is 12.4. The van der Waals surface area contributed by atoms with E-state index >= 15 is 0 Å². The van der Waals surface area contributed by atoms with Crippen LogP contribution in [-0.2, 0) is 4.74 Å². The average Bonchev–Trinajstić information content (AvgIpc) is 2.18. The summed E-state index contributed by atoms with van der Waals surface area (Å²) in [5.74, 6) is -1.30. The van der Waals surface area contributed by atoms with Crippen molar-refractivity contribution in [1.82, 2.24) is 0 Å². The minimum atomic E-state index is -4.16. The summed E-state index contributed by atoms with van der Waals surface area (Å²) >= 11 is 1.38. The lowest BCUT2D eigenvalue weighted by Crippen LogP contribution is -2.33. The van der Waals surface area contributed by atoms with Gasteiger partial charge in [-0.15, -0.1) is 0 Å². The van der Waals surface area contributed by atoms with E-state index in [0.717, 1.165) is 12.8 Å². The van der Waals surface area contributed by atoms with Crippen molar-refractivity contribution in [1.29, 1.82) is 0 Å². The van der Waals surface area contributed by atoms with E-state index in [1.54, 1.807) is 0 Å². The number of thioether (sulfide) groups is 1. The minimum Gasteiger partial charge on any atom is -0.381 e. The molecule has 0 bridgehead atoms. The molecule has 0 radical (unpaired) electrons. The monoisotopic (exact) mass is 243 g/mol. The minimum absolute atomic E-state index is 0.0741. The van der Waals surface area contributed by atoms with Gasteiger partial charge in [-0.2, -0.15) is 24.9 Å². The molecule has 0 aliphatic carbocycles. The van der Waals surface area contributed by atoms with Crippen LogP contribution in [0.2, 0.25) is 0 Å². The zero-order chi connectivity index (χ0) is 11.3. The van der Waals surface area contributed by atoms with Crippen LogP contribution in [0.3, 0.4) is 0 Å². The Labute approximate surface area is 91.7 Å². The van der Waals surface area contributed by atoms with Crippen LogP contribution in [0.1, 0.15) is 12.8 Å². The molecule has 0 aromatic heterocycles. The topological polar surface area (TPSA) is 35.2 Å². The molecular formula is C9H16F3NOS. The van der Waals surface area contributed by atoms with Crippen LogP contribution < -0.4 is 5.73 Å². The molecule has 6 heteroatoms. The molecule has 0 amide bonds. The molecule has 1 aliphatic heterocycles. The van der Waals surface area contributed by atoms with Gasteiger partial charge in [-0.25, -0.2) is 0 Å². The summed E-state index contributed by atoms with van der Waals surface area (Å²) in [6, 6.07) is 0. The van der Waals surface area contributed by atoms with Crippen LogP contribution in [0.4, 0.5) is 13.2 Å². The van der Waals surface area contributed by atoms with Crippen molar-refractivity contribution >= 4 is 11.8 Å². The third kappa shape index (κ3) is 4.61. The van der Waals surface area contributed by atoms with Gasteiger partial charge in [0, 0.05) is 30.8 Å². The second-order valence-electron chi connectivity index (χ2n) is 3.62. The molecule has 15 heavy (non-hydrogen) atoms. The Hall–Kier alpha value is 0.0600. The number of rotatable bonds is 4. The highest BCUT2D eigenvalue weighted by Crippen LogP contribution is 2.31. The van der Waals surface area contributed by atoms with Crippen molar-refractivity contribution in [2.75, 3.05) is 25.5 Å². The van der Waals surface area contributed by atoms with Crippen molar-refractivity contribution in [3.05, 3.63) is 0 Å². The highest BCUT2D eigenvalue weighted by molar-refractivity contribution is 7.99. The predicted molar refractivity (Wildman–Crippen MR) is 54.9 cm³/mol. The normalized spacial score (nSPS) is 21.6. The number of halogens is 3. The molecule has 1 rings (SSSR count). The van der Waals surface area contributed by atoms with E-state index in [9.17, 15) is 13.2 Å². The van der Waals surface area contributed by atoms with E-state index in [-0.39, 0.29) is 12.3 Å². The molecule has 90 valence electrons. The van der Waals surface area contributed by atoms with Crippen LogP contribution in [0.5, 0.6) is 0 Å². The lowest BCUT2D eigenvalue weighted by atomic mass is 10.2. The number of hydrogen-bond acceptors (Lipinski definition) is 3. The molecule has 2 N–H and O–H groups in total. The van der Waals surface area contributed by atoms with Crippen molar-refractivity contribution in [3.63, 3.8) is 0 Å². The summed E-state index contributed by atoms with van der Waals surface area (Å²) in [7, 11) is 0. The summed E-state index contributed by atoms with van der Waals surface area (Å²) in [6.07, 6.45) is -2.47. The molecular weight excluding hydrogens is 227 g/mol. The zero-order valence-corrected chi connectivity index (χ0v) is 9.24. The molecule has 2 nitrogen and oxygen atoms in total. The number of hydrogen-bond donors (Lipinski definition) is 1. The molecule has 1 saturated heterocycles. The Morgan fingerprint density at radius 3 is 2.40 bits per heavy atom. The maximum absolute atomic E-state index is 12.4. The first-order valence-electron chi connectivity index (χ1n) is 5.00. The standard InChI is InChI=1S/C9H16F3NOS/c10-9(11,12)7(5-13)6-15-8-1-3-14-4-2-8/h7-8H,1-6,13H2. The summed E-state index contributed by atoms with van der Waals surface area (Å²) in [5.41, 5.74) is 5.12. The zero-order valence-electron chi connectivity index (χ0n) is 8.43. The highest BCUT2D eigenvalue weighted by Gasteiger charge is 2.38. The molecule has 0 spiro atoms. The SMILES string of the molecule is NCC(CSC1CCOCC1)C(F)(F)F.